The number of anilines is 3. The summed E-state index contributed by atoms with van der Waals surface area (Å²) >= 11 is 0. The Bertz CT molecular complexity index is 2280. The monoisotopic (exact) mass is 963 g/mol. The first-order chi connectivity index (χ1) is 33.1. The average Bonchev–Trinajstić information content (AvgIpc) is 3.30. The highest BCUT2D eigenvalue weighted by Gasteiger charge is 2.27. The van der Waals surface area contributed by atoms with Gasteiger partial charge >= 0.3 is 5.69 Å². The van der Waals surface area contributed by atoms with E-state index in [1.54, 1.807) is 4.90 Å². The lowest BCUT2D eigenvalue weighted by Crippen LogP contribution is -2.47. The van der Waals surface area contributed by atoms with E-state index in [4.69, 9.17) is 33.1 Å². The molecule has 69 heavy (non-hydrogen) atoms. The highest BCUT2D eigenvalue weighted by atomic mass is 16.4. The van der Waals surface area contributed by atoms with Gasteiger partial charge in [0.15, 0.2) is 29.1 Å². The molecule has 4 unspecified atom stereocenters. The van der Waals surface area contributed by atoms with E-state index in [1.807, 2.05) is 0 Å². The molecular weight excluding hydrogens is 893 g/mol. The van der Waals surface area contributed by atoms with Crippen molar-refractivity contribution in [2.75, 3.05) is 63.1 Å². The average molecular weight is 963 g/mol. The Hall–Kier alpha value is -6.11. The zero-order valence-electron chi connectivity index (χ0n) is 38.9. The fourth-order valence-electron chi connectivity index (χ4n) is 7.51. The Morgan fingerprint density at radius 1 is 0.725 bits per heavy atom. The number of aryl methyl sites for hydroxylation is 2. The van der Waals surface area contributed by atoms with Crippen molar-refractivity contribution in [3.63, 3.8) is 0 Å². The van der Waals surface area contributed by atoms with Gasteiger partial charge in [0.1, 0.15) is 11.9 Å². The number of nitrogens with one attached hydrogen (secondary N) is 2. The summed E-state index contributed by atoms with van der Waals surface area (Å²) in [4.78, 5) is 55.4. The van der Waals surface area contributed by atoms with Crippen LogP contribution in [0.3, 0.4) is 0 Å². The maximum absolute atomic E-state index is 12.9. The molecule has 0 aliphatic carbocycles. The first-order valence-electron chi connectivity index (χ1n) is 23.3. The lowest BCUT2D eigenvalue weighted by molar-refractivity contribution is -0.121. The molecule has 0 saturated heterocycles. The summed E-state index contributed by atoms with van der Waals surface area (Å²) < 4.78 is 0.985. The number of rotatable bonds is 30. The number of aliphatic imine (C=N–C) groups is 1. The third kappa shape index (κ3) is 19.1. The fourth-order valence-corrected chi connectivity index (χ4v) is 7.51. The van der Waals surface area contributed by atoms with Gasteiger partial charge in [0.05, 0.1) is 24.4 Å². The first kappa shape index (κ1) is 55.5. The van der Waals surface area contributed by atoms with Crippen molar-refractivity contribution in [3.8, 4) is 16.9 Å². The molecular formula is C47H70N12O10. The molecule has 4 aromatic rings. The van der Waals surface area contributed by atoms with Gasteiger partial charge in [-0.05, 0) is 92.7 Å². The lowest BCUT2D eigenvalue weighted by atomic mass is 9.99. The zero-order valence-corrected chi connectivity index (χ0v) is 38.9. The summed E-state index contributed by atoms with van der Waals surface area (Å²) in [6.07, 6.45) is 1.65. The summed E-state index contributed by atoms with van der Waals surface area (Å²) in [6, 6.07) is 18.1. The third-order valence-electron chi connectivity index (χ3n) is 11.3. The molecule has 2 aromatic heterocycles. The van der Waals surface area contributed by atoms with Gasteiger partial charge in [-0.3, -0.25) is 24.8 Å². The fraction of sp³-hybridized carbons (Fsp3) is 0.511. The molecule has 2 amide bonds. The number of aromatic nitrogens is 4. The van der Waals surface area contributed by atoms with Crippen LogP contribution in [0.2, 0.25) is 0 Å². The molecule has 2 heterocycles. The Kier molecular flexibility index (Phi) is 23.4. The summed E-state index contributed by atoms with van der Waals surface area (Å²) in [5.74, 6) is -1.55. The molecule has 0 radical (unpaired) electrons. The largest absolute Gasteiger partial charge is 0.396 e. The maximum atomic E-state index is 12.9. The van der Waals surface area contributed by atoms with E-state index in [2.05, 4.69) is 79.1 Å². The maximum Gasteiger partial charge on any atom is 0.355 e. The van der Waals surface area contributed by atoms with Crippen LogP contribution in [0, 0.1) is 0 Å². The minimum atomic E-state index is -1.49. The second kappa shape index (κ2) is 29.0. The number of aliphatic hydroxyl groups is 7. The molecule has 22 nitrogen and oxygen atoms in total. The Morgan fingerprint density at radius 2 is 1.38 bits per heavy atom. The molecule has 2 aromatic carbocycles. The number of nitrogens with two attached hydrogens (primary N) is 4. The van der Waals surface area contributed by atoms with E-state index >= 15 is 0 Å². The van der Waals surface area contributed by atoms with Crippen LogP contribution >= 0.6 is 0 Å². The van der Waals surface area contributed by atoms with Gasteiger partial charge in [0.25, 0.3) is 5.91 Å². The Morgan fingerprint density at radius 3 is 2.01 bits per heavy atom. The number of aliphatic hydroxyl groups excluding tert-OH is 7. The molecule has 5 atom stereocenters. The minimum Gasteiger partial charge on any atom is -0.396 e. The van der Waals surface area contributed by atoms with Crippen LogP contribution in [0.5, 0.6) is 0 Å². The van der Waals surface area contributed by atoms with Gasteiger partial charge < -0.3 is 64.0 Å². The molecule has 0 fully saturated rings. The van der Waals surface area contributed by atoms with Crippen molar-refractivity contribution >= 4 is 35.2 Å². The highest BCUT2D eigenvalue weighted by molar-refractivity contribution is 6.06. The molecule has 17 N–H and O–H groups in total. The van der Waals surface area contributed by atoms with E-state index in [-0.39, 0.29) is 86.4 Å². The molecule has 0 spiro atoms. The lowest BCUT2D eigenvalue weighted by Gasteiger charge is -2.31. The van der Waals surface area contributed by atoms with Crippen LogP contribution in [0.15, 0.2) is 70.6 Å². The van der Waals surface area contributed by atoms with E-state index in [0.29, 0.717) is 51.7 Å². The number of amides is 2. The van der Waals surface area contributed by atoms with Gasteiger partial charge in [-0.1, -0.05) is 55.0 Å². The minimum absolute atomic E-state index is 0.000594. The number of nitrogens with zero attached hydrogens (tertiary/aromatic N) is 6. The van der Waals surface area contributed by atoms with Crippen LogP contribution in [-0.2, 0) is 17.6 Å². The second-order valence-corrected chi connectivity index (χ2v) is 17.0. The van der Waals surface area contributed by atoms with Crippen molar-refractivity contribution < 1.29 is 45.3 Å². The molecule has 0 aliphatic rings. The number of carbonyl (C=O) groups is 2. The first-order valence-corrected chi connectivity index (χ1v) is 23.3. The molecule has 378 valence electrons. The molecule has 0 saturated carbocycles. The van der Waals surface area contributed by atoms with Crippen molar-refractivity contribution in [1.29, 1.82) is 0 Å². The quantitative estimate of drug-likeness (QED) is 0.0176. The molecule has 4 rings (SSSR count). The Labute approximate surface area is 401 Å². The third-order valence-corrected chi connectivity index (χ3v) is 11.3. The topological polar surface area (TPSA) is 380 Å². The van der Waals surface area contributed by atoms with Crippen LogP contribution in [0.25, 0.3) is 16.9 Å². The smallest absolute Gasteiger partial charge is 0.355 e. The number of hydrogen-bond donors (Lipinski definition) is 13. The SMILES string of the molecule is NC(=NCCCCc1ccc(-c2ccc(CCCNC(=O)CCCCCN(CC(O)C[C@H](O)CCO)CC(O)C(O)C(O)CCO)cc2)cc1)NC(=O)c1nc(-n2ccc(N)nc2=O)c(N)nc1N. The van der Waals surface area contributed by atoms with Crippen LogP contribution < -0.4 is 39.3 Å². The summed E-state index contributed by atoms with van der Waals surface area (Å²) in [7, 11) is 0. The summed E-state index contributed by atoms with van der Waals surface area (Å²) in [5.41, 5.74) is 26.7. The number of benzene rings is 2. The predicted molar refractivity (Wildman–Crippen MR) is 262 cm³/mol. The summed E-state index contributed by atoms with van der Waals surface area (Å²) in [6.45, 7) is 0.813. The van der Waals surface area contributed by atoms with Gasteiger partial charge in [-0.2, -0.15) is 4.98 Å². The molecule has 0 aliphatic heterocycles. The van der Waals surface area contributed by atoms with Gasteiger partial charge in [-0.25, -0.2) is 19.3 Å². The van der Waals surface area contributed by atoms with E-state index in [1.165, 1.54) is 17.8 Å². The Balaban J connectivity index is 1.11. The van der Waals surface area contributed by atoms with Crippen molar-refractivity contribution in [2.24, 2.45) is 10.7 Å². The van der Waals surface area contributed by atoms with Gasteiger partial charge in [0.2, 0.25) is 5.91 Å². The number of carbonyl (C=O) groups excluding carboxylic acids is 2. The summed E-state index contributed by atoms with van der Waals surface area (Å²) in [5, 5.41) is 74.8. The number of nitrogen functional groups attached to an aromatic ring is 3. The predicted octanol–water partition coefficient (Wildman–Crippen LogP) is -0.626. The van der Waals surface area contributed by atoms with Crippen LogP contribution in [0.4, 0.5) is 17.5 Å². The highest BCUT2D eigenvalue weighted by Crippen LogP contribution is 2.22. The van der Waals surface area contributed by atoms with Crippen LogP contribution in [-0.4, -0.2) is 154 Å². The van der Waals surface area contributed by atoms with E-state index in [0.717, 1.165) is 46.9 Å². The van der Waals surface area contributed by atoms with Crippen molar-refractivity contribution in [1.82, 2.24) is 35.1 Å². The molecule has 22 heteroatoms. The van der Waals surface area contributed by atoms with Gasteiger partial charge in [0, 0.05) is 58.4 Å². The standard InChI is InChI=1S/C47H70N12O10/c48-38-18-24-59(47(69)54-38)44-43(50)56-42(49)40(55-44)45(68)57-46(51)53-21-4-3-7-30-10-14-32(15-11-30)33-16-12-31(13-17-33)8-6-22-52-39(66)9-2-1-5-23-58(28-35(63)27-34(62)19-25-60)29-37(65)41(67)36(64)20-26-61/h10-18,24,34-37,41,60-65,67H,1-9,19-23,25-29H2,(H,52,66)(H2,48,54,69)(H4,49,50,56)(H3,51,53,57,68)/t34-,35?,36?,37?,41?/m1/s1. The normalized spacial score (nSPS) is 14.0. The van der Waals surface area contributed by atoms with Crippen molar-refractivity contribution in [2.45, 2.75) is 108 Å². The number of guanidine groups is 1. The second-order valence-electron chi connectivity index (χ2n) is 17.0. The number of unbranched alkanes of at least 4 members (excludes halogenated alkanes) is 3. The number of hydrogen-bond acceptors (Lipinski definition) is 18. The van der Waals surface area contributed by atoms with Gasteiger partial charge in [-0.15, -0.1) is 0 Å². The van der Waals surface area contributed by atoms with E-state index in [9.17, 15) is 39.9 Å². The zero-order chi connectivity index (χ0) is 50.3. The van der Waals surface area contributed by atoms with E-state index < -0.39 is 42.1 Å². The molecule has 0 bridgehead atoms. The van der Waals surface area contributed by atoms with Crippen LogP contribution in [0.1, 0.15) is 85.8 Å². The van der Waals surface area contributed by atoms with Crippen molar-refractivity contribution in [3.05, 3.63) is 88.1 Å².